The van der Waals surface area contributed by atoms with Gasteiger partial charge in [0.25, 0.3) is 6.01 Å². The van der Waals surface area contributed by atoms with Crippen molar-refractivity contribution in [3.8, 4) is 0 Å². The lowest BCUT2D eigenvalue weighted by molar-refractivity contribution is -0.131. The molecule has 1 fully saturated rings. The second-order valence-electron chi connectivity index (χ2n) is 5.94. The van der Waals surface area contributed by atoms with Gasteiger partial charge < -0.3 is 14.2 Å². The Morgan fingerprint density at radius 2 is 2.04 bits per heavy atom. The van der Waals surface area contributed by atoms with Gasteiger partial charge in [0.1, 0.15) is 5.52 Å². The first kappa shape index (κ1) is 14.7. The number of carbonyl (C=O) groups excluding carboxylic acids is 1. The van der Waals surface area contributed by atoms with Crippen LogP contribution in [-0.4, -0.2) is 52.2 Å². The number of hydrogen-bond acceptors (Lipinski definition) is 5. The molecule has 0 unspecified atom stereocenters. The van der Waals surface area contributed by atoms with Gasteiger partial charge in [-0.1, -0.05) is 12.1 Å². The van der Waals surface area contributed by atoms with Gasteiger partial charge in [-0.2, -0.15) is 10.1 Å². The fourth-order valence-corrected chi connectivity index (χ4v) is 2.97. The van der Waals surface area contributed by atoms with Gasteiger partial charge in [0.2, 0.25) is 5.91 Å². The van der Waals surface area contributed by atoms with E-state index in [0.717, 1.165) is 36.2 Å². The van der Waals surface area contributed by atoms with Crippen molar-refractivity contribution in [3.05, 3.63) is 42.2 Å². The number of hydrogen-bond donors (Lipinski definition) is 1. The van der Waals surface area contributed by atoms with E-state index >= 15 is 0 Å². The summed E-state index contributed by atoms with van der Waals surface area (Å²) in [7, 11) is 0. The Morgan fingerprint density at radius 1 is 1.21 bits per heavy atom. The summed E-state index contributed by atoms with van der Waals surface area (Å²) in [5.74, 6) is 0.188. The van der Waals surface area contributed by atoms with Crippen LogP contribution in [0.3, 0.4) is 0 Å². The Labute approximate surface area is 139 Å². The summed E-state index contributed by atoms with van der Waals surface area (Å²) in [5.41, 5.74) is 2.73. The van der Waals surface area contributed by atoms with Crippen LogP contribution in [0.2, 0.25) is 0 Å². The standard InChI is InChI=1S/C17H19N5O2/c23-16(6-5-13-11-18-19-12-13)21-7-9-22(10-8-21)17-20-14-3-1-2-4-15(14)24-17/h1-4,11-12H,5-10H2,(H,18,19). The van der Waals surface area contributed by atoms with Crippen molar-refractivity contribution in [2.24, 2.45) is 0 Å². The van der Waals surface area contributed by atoms with E-state index in [1.165, 1.54) is 0 Å². The Balaban J connectivity index is 1.33. The van der Waals surface area contributed by atoms with E-state index < -0.39 is 0 Å². The number of aromatic nitrogens is 3. The number of carbonyl (C=O) groups is 1. The maximum absolute atomic E-state index is 12.3. The van der Waals surface area contributed by atoms with E-state index in [2.05, 4.69) is 20.1 Å². The van der Waals surface area contributed by atoms with Crippen LogP contribution in [0, 0.1) is 0 Å². The Kier molecular flexibility index (Phi) is 3.90. The molecule has 0 spiro atoms. The molecule has 0 aliphatic carbocycles. The average molecular weight is 325 g/mol. The summed E-state index contributed by atoms with van der Waals surface area (Å²) in [6, 6.07) is 8.39. The quantitative estimate of drug-likeness (QED) is 0.792. The molecule has 3 aromatic rings. The van der Waals surface area contributed by atoms with Crippen molar-refractivity contribution in [1.82, 2.24) is 20.1 Å². The molecule has 0 saturated carbocycles. The zero-order valence-corrected chi connectivity index (χ0v) is 13.3. The number of H-pyrrole nitrogens is 1. The maximum atomic E-state index is 12.3. The molecule has 1 N–H and O–H groups in total. The zero-order chi connectivity index (χ0) is 16.4. The van der Waals surface area contributed by atoms with E-state index in [9.17, 15) is 4.79 Å². The topological polar surface area (TPSA) is 78.3 Å². The molecule has 3 heterocycles. The Morgan fingerprint density at radius 3 is 2.79 bits per heavy atom. The fourth-order valence-electron chi connectivity index (χ4n) is 2.97. The van der Waals surface area contributed by atoms with Crippen LogP contribution in [0.5, 0.6) is 0 Å². The first-order valence-electron chi connectivity index (χ1n) is 8.15. The van der Waals surface area contributed by atoms with E-state index in [0.29, 0.717) is 25.5 Å². The van der Waals surface area contributed by atoms with Crippen molar-refractivity contribution in [2.45, 2.75) is 12.8 Å². The summed E-state index contributed by atoms with van der Waals surface area (Å²) in [6.07, 6.45) is 4.83. The van der Waals surface area contributed by atoms with Crippen molar-refractivity contribution in [2.75, 3.05) is 31.1 Å². The average Bonchev–Trinajstić information content (AvgIpc) is 3.29. The van der Waals surface area contributed by atoms with Crippen LogP contribution in [0.15, 0.2) is 41.1 Å². The second kappa shape index (κ2) is 6.35. The molecule has 1 saturated heterocycles. The lowest BCUT2D eigenvalue weighted by Crippen LogP contribution is -2.49. The number of para-hydroxylation sites is 2. The van der Waals surface area contributed by atoms with E-state index in [1.54, 1.807) is 6.20 Å². The summed E-state index contributed by atoms with van der Waals surface area (Å²) in [5, 5.41) is 6.67. The number of aromatic amines is 1. The predicted molar refractivity (Wildman–Crippen MR) is 89.7 cm³/mol. The van der Waals surface area contributed by atoms with E-state index in [-0.39, 0.29) is 5.91 Å². The highest BCUT2D eigenvalue weighted by atomic mass is 16.4. The number of anilines is 1. The third-order valence-corrected chi connectivity index (χ3v) is 4.37. The molecule has 1 amide bonds. The van der Waals surface area contributed by atoms with Crippen molar-refractivity contribution in [1.29, 1.82) is 0 Å². The molecular formula is C17H19N5O2. The van der Waals surface area contributed by atoms with Crippen LogP contribution in [0.4, 0.5) is 6.01 Å². The van der Waals surface area contributed by atoms with Gasteiger partial charge in [-0.3, -0.25) is 9.89 Å². The number of benzene rings is 1. The number of fused-ring (bicyclic) bond motifs is 1. The molecule has 24 heavy (non-hydrogen) atoms. The summed E-state index contributed by atoms with van der Waals surface area (Å²) < 4.78 is 5.80. The molecule has 1 aliphatic heterocycles. The number of oxazole rings is 1. The number of nitrogens with zero attached hydrogens (tertiary/aromatic N) is 4. The highest BCUT2D eigenvalue weighted by Gasteiger charge is 2.23. The lowest BCUT2D eigenvalue weighted by atomic mass is 10.2. The Hall–Kier alpha value is -2.83. The molecule has 0 radical (unpaired) electrons. The normalized spacial score (nSPS) is 15.2. The summed E-state index contributed by atoms with van der Waals surface area (Å²) in [4.78, 5) is 20.8. The number of aryl methyl sites for hydroxylation is 1. The molecule has 7 heteroatoms. The minimum atomic E-state index is 0.188. The molecule has 0 atom stereocenters. The fraction of sp³-hybridized carbons (Fsp3) is 0.353. The van der Waals surface area contributed by atoms with Crippen molar-refractivity contribution in [3.63, 3.8) is 0 Å². The van der Waals surface area contributed by atoms with Gasteiger partial charge in [0.15, 0.2) is 5.58 Å². The molecule has 4 rings (SSSR count). The molecule has 124 valence electrons. The monoisotopic (exact) mass is 325 g/mol. The zero-order valence-electron chi connectivity index (χ0n) is 13.3. The van der Waals surface area contributed by atoms with Crippen LogP contribution in [0.25, 0.3) is 11.1 Å². The van der Waals surface area contributed by atoms with E-state index in [1.807, 2.05) is 35.4 Å². The predicted octanol–water partition coefficient (Wildman–Crippen LogP) is 1.83. The summed E-state index contributed by atoms with van der Waals surface area (Å²) in [6.45, 7) is 2.88. The maximum Gasteiger partial charge on any atom is 0.298 e. The van der Waals surface area contributed by atoms with Gasteiger partial charge in [-0.25, -0.2) is 0 Å². The van der Waals surface area contributed by atoms with Gasteiger partial charge in [-0.15, -0.1) is 0 Å². The third-order valence-electron chi connectivity index (χ3n) is 4.37. The minimum Gasteiger partial charge on any atom is -0.423 e. The number of piperazine rings is 1. The third kappa shape index (κ3) is 2.97. The molecule has 1 aromatic carbocycles. The molecule has 0 bridgehead atoms. The van der Waals surface area contributed by atoms with Crippen molar-refractivity contribution < 1.29 is 9.21 Å². The molecule has 2 aromatic heterocycles. The van der Waals surface area contributed by atoms with Crippen LogP contribution < -0.4 is 4.90 Å². The SMILES string of the molecule is O=C(CCc1cn[nH]c1)N1CCN(c2nc3ccccc3o2)CC1. The van der Waals surface area contributed by atoms with Gasteiger partial charge in [-0.05, 0) is 24.1 Å². The second-order valence-corrected chi connectivity index (χ2v) is 5.94. The van der Waals surface area contributed by atoms with Gasteiger partial charge >= 0.3 is 0 Å². The Bertz CT molecular complexity index is 786. The molecule has 7 nitrogen and oxygen atoms in total. The first-order valence-corrected chi connectivity index (χ1v) is 8.15. The van der Waals surface area contributed by atoms with Crippen LogP contribution in [0.1, 0.15) is 12.0 Å². The molecular weight excluding hydrogens is 306 g/mol. The summed E-state index contributed by atoms with van der Waals surface area (Å²) >= 11 is 0. The number of nitrogens with one attached hydrogen (secondary N) is 1. The van der Waals surface area contributed by atoms with Crippen LogP contribution in [-0.2, 0) is 11.2 Å². The van der Waals surface area contributed by atoms with Gasteiger partial charge in [0, 0.05) is 38.8 Å². The number of amides is 1. The first-order chi connectivity index (χ1) is 11.8. The largest absolute Gasteiger partial charge is 0.423 e. The van der Waals surface area contributed by atoms with E-state index in [4.69, 9.17) is 4.42 Å². The highest BCUT2D eigenvalue weighted by Crippen LogP contribution is 2.22. The van der Waals surface area contributed by atoms with Gasteiger partial charge in [0.05, 0.1) is 6.20 Å². The highest BCUT2D eigenvalue weighted by molar-refractivity contribution is 5.77. The van der Waals surface area contributed by atoms with Crippen LogP contribution >= 0.6 is 0 Å². The van der Waals surface area contributed by atoms with Crippen molar-refractivity contribution >= 4 is 23.0 Å². The number of rotatable bonds is 4. The smallest absolute Gasteiger partial charge is 0.298 e. The lowest BCUT2D eigenvalue weighted by Gasteiger charge is -2.33. The molecule has 1 aliphatic rings. The minimum absolute atomic E-state index is 0.188.